The molecule has 0 aromatic heterocycles. The molecule has 1 aliphatic heterocycles. The van der Waals surface area contributed by atoms with Crippen molar-refractivity contribution in [3.8, 4) is 11.5 Å². The number of esters is 1. The summed E-state index contributed by atoms with van der Waals surface area (Å²) < 4.78 is 11.3. The summed E-state index contributed by atoms with van der Waals surface area (Å²) in [5.74, 6) is 1.06. The maximum Gasteiger partial charge on any atom is 0.306 e. The molecule has 1 aliphatic rings. The van der Waals surface area contributed by atoms with E-state index >= 15 is 0 Å². The van der Waals surface area contributed by atoms with Gasteiger partial charge in [-0.3, -0.25) is 4.79 Å². The molecule has 6 heteroatoms. The first-order valence-corrected chi connectivity index (χ1v) is 25.7. The third kappa shape index (κ3) is 12.5. The van der Waals surface area contributed by atoms with Crippen molar-refractivity contribution >= 4 is 17.1 Å². The van der Waals surface area contributed by atoms with Crippen LogP contribution in [0, 0.1) is 27.7 Å². The monoisotopic (exact) mass is 915 g/mol. The highest BCUT2D eigenvalue weighted by Gasteiger charge is 2.34. The highest BCUT2D eigenvalue weighted by molar-refractivity contribution is 5.72. The van der Waals surface area contributed by atoms with E-state index in [-0.39, 0.29) is 22.9 Å². The number of rotatable bonds is 21. The van der Waals surface area contributed by atoms with Crippen LogP contribution in [0.5, 0.6) is 11.5 Å². The lowest BCUT2D eigenvalue weighted by molar-refractivity contribution is -0.142. The van der Waals surface area contributed by atoms with Crippen molar-refractivity contribution < 1.29 is 29.6 Å². The fourth-order valence-electron chi connectivity index (χ4n) is 10.4. The van der Waals surface area contributed by atoms with Crippen molar-refractivity contribution in [3.63, 3.8) is 0 Å². The first kappa shape index (κ1) is 55.0. The van der Waals surface area contributed by atoms with Crippen LogP contribution in [0.4, 0.5) is 0 Å². The Morgan fingerprint density at radius 3 is 1.28 bits per heavy atom. The van der Waals surface area contributed by atoms with Crippen LogP contribution < -0.4 is 4.74 Å². The summed E-state index contributed by atoms with van der Waals surface area (Å²) in [7, 11) is 0. The average Bonchev–Trinajstić information content (AvgIpc) is 3.76. The Labute approximate surface area is 405 Å². The normalized spacial score (nSPS) is 15.0. The van der Waals surface area contributed by atoms with Gasteiger partial charge in [0.05, 0.1) is 11.2 Å². The number of ether oxygens (including phenoxy) is 2. The summed E-state index contributed by atoms with van der Waals surface area (Å²) in [6, 6.07) is 26.2. The highest BCUT2D eigenvalue weighted by atomic mass is 16.6. The Morgan fingerprint density at radius 2 is 0.955 bits per heavy atom. The van der Waals surface area contributed by atoms with E-state index in [0.29, 0.717) is 31.6 Å². The molecule has 1 fully saturated rings. The van der Waals surface area contributed by atoms with Gasteiger partial charge in [-0.2, -0.15) is 0 Å². The van der Waals surface area contributed by atoms with Crippen molar-refractivity contribution in [2.75, 3.05) is 6.61 Å². The van der Waals surface area contributed by atoms with Crippen LogP contribution in [0.2, 0.25) is 0 Å². The summed E-state index contributed by atoms with van der Waals surface area (Å²) in [6.07, 6.45) is 13.8. The molecule has 0 unspecified atom stereocenters. The fourth-order valence-corrected chi connectivity index (χ4v) is 10.4. The standard InChI is InChI=1S/C33H46O4.C28H40O2/c1-8-25(21-32(35,9-2)10-3)29-16-13-26(19-23(29)6)33(11-4,12-5)27-14-17-30(24(7)20-27)36-22-28-15-18-31(34)37-28;1-8-22(19-27(30,9-2)10-3)25-15-13-23(17-20(25)6)28(11-4,12-5)24-14-16-26(29)21(7)18-24/h13-14,16-17,19-21,28,35H,8-12,15,18,22H2,1-7H3;13-19,29-30H,8-12H2,1-7H3/b25-21+;22-19+/t28-;/m0./s1. The van der Waals surface area contributed by atoms with Crippen molar-refractivity contribution in [1.82, 2.24) is 0 Å². The third-order valence-electron chi connectivity index (χ3n) is 15.6. The van der Waals surface area contributed by atoms with Crippen LogP contribution in [0.3, 0.4) is 0 Å². The number of phenols is 1. The number of aromatic hydroxyl groups is 1. The number of allylic oxidation sites excluding steroid dienone is 2. The number of aryl methyl sites for hydroxylation is 4. The van der Waals surface area contributed by atoms with E-state index in [1.165, 1.54) is 55.7 Å². The maximum absolute atomic E-state index is 11.4. The Bertz CT molecular complexity index is 2310. The molecule has 0 saturated carbocycles. The number of benzene rings is 4. The second kappa shape index (κ2) is 24.1. The number of phenolic OH excluding ortho intramolecular Hbond substituents is 1. The molecule has 0 amide bonds. The van der Waals surface area contributed by atoms with E-state index in [2.05, 4.69) is 141 Å². The average molecular weight is 915 g/mol. The van der Waals surface area contributed by atoms with E-state index in [1.54, 1.807) is 0 Å². The second-order valence-corrected chi connectivity index (χ2v) is 19.2. The van der Waals surface area contributed by atoms with Crippen LogP contribution in [0.25, 0.3) is 11.1 Å². The number of hydrogen-bond donors (Lipinski definition) is 3. The van der Waals surface area contributed by atoms with Crippen LogP contribution >= 0.6 is 0 Å². The number of carbonyl (C=O) groups excluding carboxylic acids is 1. The van der Waals surface area contributed by atoms with Gasteiger partial charge in [0, 0.05) is 17.3 Å². The molecule has 1 heterocycles. The molecule has 0 radical (unpaired) electrons. The first-order valence-electron chi connectivity index (χ1n) is 25.7. The maximum atomic E-state index is 11.4. The molecule has 4 aromatic rings. The molecule has 0 bridgehead atoms. The van der Waals surface area contributed by atoms with Crippen molar-refractivity contribution in [2.24, 2.45) is 0 Å². The second-order valence-electron chi connectivity index (χ2n) is 19.2. The largest absolute Gasteiger partial charge is 0.508 e. The molecule has 1 saturated heterocycles. The lowest BCUT2D eigenvalue weighted by atomic mass is 9.69. The summed E-state index contributed by atoms with van der Waals surface area (Å²) in [5, 5.41) is 31.8. The number of carbonyl (C=O) groups is 1. The zero-order chi connectivity index (χ0) is 49.7. The molecule has 6 nitrogen and oxygen atoms in total. The van der Waals surface area contributed by atoms with Gasteiger partial charge >= 0.3 is 5.97 Å². The number of cyclic esters (lactones) is 1. The van der Waals surface area contributed by atoms with Crippen LogP contribution in [-0.4, -0.2) is 45.2 Å². The van der Waals surface area contributed by atoms with Gasteiger partial charge in [0.25, 0.3) is 0 Å². The van der Waals surface area contributed by atoms with E-state index in [4.69, 9.17) is 9.47 Å². The van der Waals surface area contributed by atoms with E-state index in [9.17, 15) is 20.1 Å². The third-order valence-corrected chi connectivity index (χ3v) is 15.6. The minimum Gasteiger partial charge on any atom is -0.508 e. The van der Waals surface area contributed by atoms with E-state index in [0.717, 1.165) is 74.7 Å². The Morgan fingerprint density at radius 1 is 0.567 bits per heavy atom. The fraction of sp³-hybridized carbons (Fsp3) is 0.525. The minimum atomic E-state index is -0.756. The minimum absolute atomic E-state index is 0.0780. The van der Waals surface area contributed by atoms with Gasteiger partial charge in [-0.1, -0.05) is 130 Å². The Balaban J connectivity index is 0.000000299. The van der Waals surface area contributed by atoms with Crippen LogP contribution in [-0.2, 0) is 20.4 Å². The zero-order valence-electron chi connectivity index (χ0n) is 43.9. The number of aliphatic hydroxyl groups is 2. The van der Waals surface area contributed by atoms with Crippen LogP contribution in [0.1, 0.15) is 202 Å². The quantitative estimate of drug-likeness (QED) is 0.0721. The van der Waals surface area contributed by atoms with Crippen LogP contribution in [0.15, 0.2) is 84.9 Å². The van der Waals surface area contributed by atoms with Crippen molar-refractivity contribution in [3.05, 3.63) is 141 Å². The highest BCUT2D eigenvalue weighted by Crippen LogP contribution is 2.43. The van der Waals surface area contributed by atoms with Gasteiger partial charge < -0.3 is 24.8 Å². The molecular formula is C61H86O6. The molecule has 5 rings (SSSR count). The topological polar surface area (TPSA) is 96.2 Å². The zero-order valence-corrected chi connectivity index (χ0v) is 43.9. The molecule has 0 spiro atoms. The van der Waals surface area contributed by atoms with Crippen molar-refractivity contribution in [1.29, 1.82) is 0 Å². The Kier molecular flexibility index (Phi) is 19.7. The smallest absolute Gasteiger partial charge is 0.306 e. The number of hydrogen-bond acceptors (Lipinski definition) is 6. The molecule has 4 aromatic carbocycles. The Hall–Kier alpha value is -4.65. The van der Waals surface area contributed by atoms with Gasteiger partial charge in [0.1, 0.15) is 24.2 Å². The lowest BCUT2D eigenvalue weighted by Crippen LogP contribution is -2.26. The molecule has 1 atom stereocenters. The van der Waals surface area contributed by atoms with Gasteiger partial charge in [-0.05, 0) is 189 Å². The van der Waals surface area contributed by atoms with Crippen molar-refractivity contribution in [2.45, 2.75) is 202 Å². The summed E-state index contributed by atoms with van der Waals surface area (Å²) in [6.45, 7) is 30.3. The first-order chi connectivity index (χ1) is 31.8. The summed E-state index contributed by atoms with van der Waals surface area (Å²) in [5.41, 5.74) is 12.9. The van der Waals surface area contributed by atoms with Gasteiger partial charge in [-0.25, -0.2) is 0 Å². The predicted octanol–water partition coefficient (Wildman–Crippen LogP) is 15.3. The van der Waals surface area contributed by atoms with E-state index in [1.807, 2.05) is 40.7 Å². The molecule has 0 aliphatic carbocycles. The molecule has 366 valence electrons. The van der Waals surface area contributed by atoms with Gasteiger partial charge in [-0.15, -0.1) is 0 Å². The van der Waals surface area contributed by atoms with E-state index < -0.39 is 11.2 Å². The van der Waals surface area contributed by atoms with Gasteiger partial charge in [0.15, 0.2) is 0 Å². The lowest BCUT2D eigenvalue weighted by Gasteiger charge is -2.34. The van der Waals surface area contributed by atoms with Gasteiger partial charge in [0.2, 0.25) is 0 Å². The SMILES string of the molecule is CC/C(=C\C(O)(CC)CC)c1ccc(C(CC)(CC)c2ccc(O)c(C)c2)cc1C.CC/C(=C\C(O)(CC)CC)c1ccc(C(CC)(CC)c2ccc(OC[C@@H]3CCC(=O)O3)c(C)c2)cc1C. The summed E-state index contributed by atoms with van der Waals surface area (Å²) in [4.78, 5) is 11.4. The molecular weight excluding hydrogens is 829 g/mol. The molecule has 67 heavy (non-hydrogen) atoms. The predicted molar refractivity (Wildman–Crippen MR) is 281 cm³/mol. The summed E-state index contributed by atoms with van der Waals surface area (Å²) >= 11 is 0. The molecule has 3 N–H and O–H groups in total.